The van der Waals surface area contributed by atoms with Crippen LogP contribution in [0.4, 0.5) is 0 Å². The van der Waals surface area contributed by atoms with Gasteiger partial charge in [0.1, 0.15) is 0 Å². The van der Waals surface area contributed by atoms with Crippen LogP contribution in [-0.2, 0) is 16.6 Å². The van der Waals surface area contributed by atoms with Crippen molar-refractivity contribution in [2.45, 2.75) is 32.1 Å². The third kappa shape index (κ3) is 4.53. The Morgan fingerprint density at radius 1 is 1.13 bits per heavy atom. The molecule has 2 amide bonds. The standard InChI is InChI=1S/C22H30N6O2/c1-15-9-18(19-11-24-26(2)12-19)10-20(25-15)17-3-6-27(13-17)14-21(29)28-7-4-16(5-8-28)22(23)30/h9-12,16-17H,3-8,13-14H2,1-2H3,(H2,23,30)/t17-/m1/s1. The summed E-state index contributed by atoms with van der Waals surface area (Å²) in [6, 6.07) is 4.25. The molecule has 8 heteroatoms. The molecule has 30 heavy (non-hydrogen) atoms. The van der Waals surface area contributed by atoms with Crippen LogP contribution < -0.4 is 5.73 Å². The highest BCUT2D eigenvalue weighted by Gasteiger charge is 2.30. The van der Waals surface area contributed by atoms with Gasteiger partial charge in [0.15, 0.2) is 0 Å². The number of nitrogens with two attached hydrogens (primary N) is 1. The summed E-state index contributed by atoms with van der Waals surface area (Å²) >= 11 is 0. The summed E-state index contributed by atoms with van der Waals surface area (Å²) < 4.78 is 1.81. The van der Waals surface area contributed by atoms with Gasteiger partial charge in [-0.15, -0.1) is 0 Å². The van der Waals surface area contributed by atoms with Crippen LogP contribution in [0.25, 0.3) is 11.1 Å². The van der Waals surface area contributed by atoms with Gasteiger partial charge in [-0.1, -0.05) is 0 Å². The van der Waals surface area contributed by atoms with E-state index in [0.717, 1.165) is 42.0 Å². The van der Waals surface area contributed by atoms with Gasteiger partial charge in [0.25, 0.3) is 0 Å². The van der Waals surface area contributed by atoms with Crippen molar-refractivity contribution in [2.24, 2.45) is 18.7 Å². The van der Waals surface area contributed by atoms with Crippen LogP contribution in [0.2, 0.25) is 0 Å². The molecule has 0 aliphatic carbocycles. The van der Waals surface area contributed by atoms with E-state index in [0.29, 0.717) is 38.4 Å². The minimum absolute atomic E-state index is 0.0911. The summed E-state index contributed by atoms with van der Waals surface area (Å²) in [7, 11) is 1.92. The molecular weight excluding hydrogens is 380 g/mol. The first-order chi connectivity index (χ1) is 14.4. The van der Waals surface area contributed by atoms with E-state index in [4.69, 9.17) is 10.7 Å². The van der Waals surface area contributed by atoms with Crippen LogP contribution in [0.1, 0.15) is 36.6 Å². The van der Waals surface area contributed by atoms with E-state index in [2.05, 4.69) is 22.1 Å². The van der Waals surface area contributed by atoms with Gasteiger partial charge in [-0.05, 0) is 50.4 Å². The zero-order chi connectivity index (χ0) is 21.3. The monoisotopic (exact) mass is 410 g/mol. The van der Waals surface area contributed by atoms with Crippen molar-refractivity contribution in [3.8, 4) is 11.1 Å². The topological polar surface area (TPSA) is 97.4 Å². The zero-order valence-corrected chi connectivity index (χ0v) is 17.8. The fraction of sp³-hybridized carbons (Fsp3) is 0.545. The predicted octanol–water partition coefficient (Wildman–Crippen LogP) is 1.30. The van der Waals surface area contributed by atoms with Gasteiger partial charge in [0.05, 0.1) is 12.7 Å². The van der Waals surface area contributed by atoms with Crippen LogP contribution in [0.15, 0.2) is 24.5 Å². The lowest BCUT2D eigenvalue weighted by molar-refractivity contribution is -0.135. The van der Waals surface area contributed by atoms with Gasteiger partial charge >= 0.3 is 0 Å². The van der Waals surface area contributed by atoms with Gasteiger partial charge in [-0.3, -0.25) is 24.2 Å². The molecule has 2 saturated heterocycles. The van der Waals surface area contributed by atoms with Crippen LogP contribution in [-0.4, -0.2) is 69.1 Å². The predicted molar refractivity (Wildman–Crippen MR) is 113 cm³/mol. The Balaban J connectivity index is 1.36. The third-order valence-corrected chi connectivity index (χ3v) is 6.31. The maximum atomic E-state index is 12.7. The van der Waals surface area contributed by atoms with Crippen molar-refractivity contribution in [1.29, 1.82) is 0 Å². The Bertz CT molecular complexity index is 931. The average molecular weight is 411 g/mol. The Labute approximate surface area is 177 Å². The average Bonchev–Trinajstić information content (AvgIpc) is 3.37. The zero-order valence-electron chi connectivity index (χ0n) is 17.8. The Kier molecular flexibility index (Phi) is 5.85. The van der Waals surface area contributed by atoms with Crippen molar-refractivity contribution in [2.75, 3.05) is 32.7 Å². The van der Waals surface area contributed by atoms with Crippen molar-refractivity contribution < 1.29 is 9.59 Å². The first kappa shape index (κ1) is 20.5. The highest BCUT2D eigenvalue weighted by molar-refractivity contribution is 5.80. The van der Waals surface area contributed by atoms with E-state index in [-0.39, 0.29) is 17.7 Å². The van der Waals surface area contributed by atoms with Gasteiger partial charge in [-0.25, -0.2) is 0 Å². The highest BCUT2D eigenvalue weighted by Crippen LogP contribution is 2.30. The molecule has 2 aliphatic rings. The van der Waals surface area contributed by atoms with Gasteiger partial charge < -0.3 is 10.6 Å². The molecule has 2 N–H and O–H groups in total. The summed E-state index contributed by atoms with van der Waals surface area (Å²) in [5.74, 6) is 0.132. The van der Waals surface area contributed by atoms with E-state index in [1.54, 1.807) is 4.68 Å². The molecule has 0 saturated carbocycles. The second-order valence-electron chi connectivity index (χ2n) is 8.60. The number of carbonyl (C=O) groups excluding carboxylic acids is 2. The Hall–Kier alpha value is -2.74. The first-order valence-electron chi connectivity index (χ1n) is 10.7. The van der Waals surface area contributed by atoms with E-state index in [1.165, 1.54) is 0 Å². The van der Waals surface area contributed by atoms with Crippen molar-refractivity contribution in [1.82, 2.24) is 24.6 Å². The lowest BCUT2D eigenvalue weighted by Crippen LogP contribution is -2.45. The molecule has 2 fully saturated rings. The molecule has 0 radical (unpaired) electrons. The number of rotatable bonds is 5. The molecule has 4 rings (SSSR count). The maximum Gasteiger partial charge on any atom is 0.236 e. The smallest absolute Gasteiger partial charge is 0.236 e. The largest absolute Gasteiger partial charge is 0.369 e. The number of carbonyl (C=O) groups is 2. The van der Waals surface area contributed by atoms with Gasteiger partial charge in [0.2, 0.25) is 11.8 Å². The quantitative estimate of drug-likeness (QED) is 0.801. The fourth-order valence-corrected chi connectivity index (χ4v) is 4.56. The highest BCUT2D eigenvalue weighted by atomic mass is 16.2. The summed E-state index contributed by atoms with van der Waals surface area (Å²) in [5, 5.41) is 4.27. The van der Waals surface area contributed by atoms with Crippen molar-refractivity contribution in [3.05, 3.63) is 35.9 Å². The minimum atomic E-state index is -0.249. The lowest BCUT2D eigenvalue weighted by atomic mass is 9.96. The SMILES string of the molecule is Cc1cc(-c2cnn(C)c2)cc([C@@H]2CCN(CC(=O)N3CCC(C(N)=O)CC3)C2)n1. The summed E-state index contributed by atoms with van der Waals surface area (Å²) in [6.07, 6.45) is 6.24. The second-order valence-corrected chi connectivity index (χ2v) is 8.60. The molecular formula is C22H30N6O2. The number of hydrogen-bond donors (Lipinski definition) is 1. The van der Waals surface area contributed by atoms with E-state index < -0.39 is 0 Å². The molecule has 1 atom stereocenters. The number of pyridine rings is 1. The molecule has 0 bridgehead atoms. The van der Waals surface area contributed by atoms with Crippen LogP contribution in [0.5, 0.6) is 0 Å². The molecule has 0 aromatic carbocycles. The number of nitrogens with zero attached hydrogens (tertiary/aromatic N) is 5. The van der Waals surface area contributed by atoms with Crippen LogP contribution >= 0.6 is 0 Å². The second kappa shape index (κ2) is 8.55. The Morgan fingerprint density at radius 2 is 1.90 bits per heavy atom. The van der Waals surface area contributed by atoms with Crippen LogP contribution in [0, 0.1) is 12.8 Å². The molecule has 160 valence electrons. The first-order valence-corrected chi connectivity index (χ1v) is 10.7. The number of likely N-dealkylation sites (tertiary alicyclic amines) is 2. The normalized spacial score (nSPS) is 20.6. The number of piperidine rings is 1. The van der Waals surface area contributed by atoms with Crippen molar-refractivity contribution >= 4 is 11.8 Å². The summed E-state index contributed by atoms with van der Waals surface area (Å²) in [6.45, 7) is 5.43. The maximum absolute atomic E-state index is 12.7. The fourth-order valence-electron chi connectivity index (χ4n) is 4.56. The third-order valence-electron chi connectivity index (χ3n) is 6.31. The molecule has 8 nitrogen and oxygen atoms in total. The molecule has 2 aromatic heterocycles. The number of hydrogen-bond acceptors (Lipinski definition) is 5. The number of aromatic nitrogens is 3. The molecule has 2 aliphatic heterocycles. The molecule has 0 unspecified atom stereocenters. The molecule has 2 aromatic rings. The minimum Gasteiger partial charge on any atom is -0.369 e. The van der Waals surface area contributed by atoms with Crippen LogP contribution in [0.3, 0.4) is 0 Å². The Morgan fingerprint density at radius 3 is 2.57 bits per heavy atom. The molecule has 4 heterocycles. The molecule has 0 spiro atoms. The number of primary amides is 1. The number of amides is 2. The summed E-state index contributed by atoms with van der Waals surface area (Å²) in [4.78, 5) is 32.9. The van der Waals surface area contributed by atoms with E-state index in [1.807, 2.05) is 31.3 Å². The van der Waals surface area contributed by atoms with E-state index in [9.17, 15) is 9.59 Å². The van der Waals surface area contributed by atoms with Crippen molar-refractivity contribution in [3.63, 3.8) is 0 Å². The van der Waals surface area contributed by atoms with Gasteiger partial charge in [0, 0.05) is 61.7 Å². The van der Waals surface area contributed by atoms with E-state index >= 15 is 0 Å². The summed E-state index contributed by atoms with van der Waals surface area (Å²) in [5.41, 5.74) is 9.70. The lowest BCUT2D eigenvalue weighted by Gasteiger charge is -2.31. The number of aryl methyl sites for hydroxylation is 2. The van der Waals surface area contributed by atoms with Gasteiger partial charge in [-0.2, -0.15) is 5.10 Å².